The van der Waals surface area contributed by atoms with Gasteiger partial charge in [0, 0.05) is 25.7 Å². The number of aromatic nitrogens is 1. The van der Waals surface area contributed by atoms with Gasteiger partial charge in [-0.05, 0) is 107 Å². The first kappa shape index (κ1) is 20.7. The molecule has 1 aromatic heterocycles. The van der Waals surface area contributed by atoms with Crippen molar-refractivity contribution in [3.05, 3.63) is 62.7 Å². The lowest BCUT2D eigenvalue weighted by Crippen LogP contribution is -2.07. The summed E-state index contributed by atoms with van der Waals surface area (Å²) >= 11 is 7.08. The molecule has 152 valence electrons. The van der Waals surface area contributed by atoms with Crippen LogP contribution in [0, 0.1) is 0 Å². The maximum absolute atomic E-state index is 4.45. The van der Waals surface area contributed by atoms with E-state index in [2.05, 4.69) is 65.6 Å². The zero-order chi connectivity index (χ0) is 20.1. The zero-order valence-corrected chi connectivity index (χ0v) is 19.8. The lowest BCUT2D eigenvalue weighted by molar-refractivity contribution is 0.665. The van der Waals surface area contributed by atoms with Gasteiger partial charge in [-0.2, -0.15) is 5.10 Å². The third-order valence-corrected chi connectivity index (χ3v) is 7.07. The van der Waals surface area contributed by atoms with E-state index in [0.29, 0.717) is 0 Å². The second-order valence-corrected chi connectivity index (χ2v) is 9.49. The summed E-state index contributed by atoms with van der Waals surface area (Å²) in [4.78, 5) is 3.54. The van der Waals surface area contributed by atoms with E-state index in [1.165, 1.54) is 71.7 Å². The number of hydrogen-bond acceptors (Lipinski definition) is 2. The molecule has 0 atom stereocenters. The minimum Gasteiger partial charge on any atom is -0.357 e. The molecule has 2 aromatic carbocycles. The van der Waals surface area contributed by atoms with Gasteiger partial charge in [-0.3, -0.25) is 5.43 Å². The number of aryl methyl sites for hydroxylation is 2. The largest absolute Gasteiger partial charge is 0.357 e. The van der Waals surface area contributed by atoms with E-state index < -0.39 is 0 Å². The van der Waals surface area contributed by atoms with Gasteiger partial charge in [-0.25, -0.2) is 0 Å². The Kier molecular flexibility index (Phi) is 7.09. The maximum Gasteiger partial charge on any atom is 0.0703 e. The quantitative estimate of drug-likeness (QED) is 0.333. The minimum absolute atomic E-state index is 1.04. The summed E-state index contributed by atoms with van der Waals surface area (Å²) in [5.41, 5.74) is 9.75. The fraction of sp³-hybridized carbons (Fsp3) is 0.375. The van der Waals surface area contributed by atoms with Crippen molar-refractivity contribution in [2.75, 3.05) is 5.43 Å². The summed E-state index contributed by atoms with van der Waals surface area (Å²) in [6, 6.07) is 14.5. The van der Waals surface area contributed by atoms with Crippen LogP contribution in [0.15, 0.2) is 56.5 Å². The Hall–Kier alpha value is -1.59. The van der Waals surface area contributed by atoms with Crippen LogP contribution in [-0.2, 0) is 12.8 Å². The smallest absolute Gasteiger partial charge is 0.0703 e. The fourth-order valence-corrected chi connectivity index (χ4v) is 5.00. The van der Waals surface area contributed by atoms with E-state index >= 15 is 0 Å². The first-order valence-electron chi connectivity index (χ1n) is 10.6. The van der Waals surface area contributed by atoms with E-state index in [9.17, 15) is 0 Å². The van der Waals surface area contributed by atoms with Gasteiger partial charge in [0.2, 0.25) is 0 Å². The summed E-state index contributed by atoms with van der Waals surface area (Å²) in [5.74, 6) is 0. The molecule has 1 heterocycles. The minimum atomic E-state index is 1.04. The van der Waals surface area contributed by atoms with Crippen LogP contribution >= 0.6 is 31.9 Å². The Labute approximate surface area is 189 Å². The fourth-order valence-electron chi connectivity index (χ4n) is 4.16. The number of rotatable bonds is 2. The SMILES string of the molecule is Brc1cccc2c3c([nH]c12)CCCC3.Brc1ccccc1NN=C1CCCCC1. The average molecular weight is 517 g/mol. The first-order valence-corrected chi connectivity index (χ1v) is 12.1. The summed E-state index contributed by atoms with van der Waals surface area (Å²) in [5, 5.41) is 5.86. The van der Waals surface area contributed by atoms with Crippen LogP contribution in [0.3, 0.4) is 0 Å². The molecule has 0 amide bonds. The van der Waals surface area contributed by atoms with E-state index in [1.54, 1.807) is 5.56 Å². The highest BCUT2D eigenvalue weighted by Crippen LogP contribution is 2.32. The molecule has 3 nitrogen and oxygen atoms in total. The van der Waals surface area contributed by atoms with Crippen LogP contribution in [-0.4, -0.2) is 10.7 Å². The van der Waals surface area contributed by atoms with Gasteiger partial charge >= 0.3 is 0 Å². The second kappa shape index (κ2) is 9.94. The Bertz CT molecular complexity index is 999. The van der Waals surface area contributed by atoms with Crippen LogP contribution < -0.4 is 5.43 Å². The van der Waals surface area contributed by atoms with Crippen LogP contribution in [0.4, 0.5) is 5.69 Å². The molecule has 5 heteroatoms. The molecule has 0 radical (unpaired) electrons. The molecule has 2 aliphatic rings. The molecule has 2 N–H and O–H groups in total. The lowest BCUT2D eigenvalue weighted by atomic mass is 9.96. The third-order valence-electron chi connectivity index (χ3n) is 5.72. The van der Waals surface area contributed by atoms with Gasteiger partial charge in [0.15, 0.2) is 0 Å². The van der Waals surface area contributed by atoms with Gasteiger partial charge in [-0.15, -0.1) is 0 Å². The molecule has 2 aliphatic carbocycles. The summed E-state index contributed by atoms with van der Waals surface area (Å²) in [6.07, 6.45) is 11.4. The molecule has 29 heavy (non-hydrogen) atoms. The molecule has 0 bridgehead atoms. The molecular weight excluding hydrogens is 490 g/mol. The van der Waals surface area contributed by atoms with E-state index in [4.69, 9.17) is 0 Å². The predicted octanol–water partition coefficient (Wildman–Crippen LogP) is 7.99. The van der Waals surface area contributed by atoms with Crippen molar-refractivity contribution in [3.8, 4) is 0 Å². The number of H-pyrrole nitrogens is 1. The average Bonchev–Trinajstić information content (AvgIpc) is 3.15. The number of nitrogens with zero attached hydrogens (tertiary/aromatic N) is 1. The van der Waals surface area contributed by atoms with Crippen molar-refractivity contribution in [1.29, 1.82) is 0 Å². The number of halogens is 2. The van der Waals surface area contributed by atoms with E-state index in [0.717, 1.165) is 23.0 Å². The summed E-state index contributed by atoms with van der Waals surface area (Å²) in [6.45, 7) is 0. The van der Waals surface area contributed by atoms with Gasteiger partial charge in [0.05, 0.1) is 11.2 Å². The Balaban J connectivity index is 0.000000141. The Morgan fingerprint density at radius 1 is 0.759 bits per heavy atom. The monoisotopic (exact) mass is 515 g/mol. The molecule has 1 fully saturated rings. The molecule has 0 unspecified atom stereocenters. The van der Waals surface area contributed by atoms with E-state index in [-0.39, 0.29) is 0 Å². The van der Waals surface area contributed by atoms with Gasteiger partial charge in [0.1, 0.15) is 0 Å². The molecule has 1 saturated carbocycles. The lowest BCUT2D eigenvalue weighted by Gasteiger charge is -2.12. The third kappa shape index (κ3) is 5.13. The van der Waals surface area contributed by atoms with E-state index in [1.807, 2.05) is 24.3 Å². The molecule has 0 aliphatic heterocycles. The highest BCUT2D eigenvalue weighted by atomic mass is 79.9. The normalized spacial score (nSPS) is 16.0. The standard InChI is InChI=1S/C12H15BrN2.C12H12BrN/c13-11-8-4-5-9-12(11)15-14-10-6-2-1-3-7-10;13-10-6-3-5-9-8-4-1-2-7-11(8)14-12(9)10/h4-5,8-9,15H,1-3,6-7H2;3,5-6,14H,1-2,4,7H2. The predicted molar refractivity (Wildman–Crippen MR) is 131 cm³/mol. The first-order chi connectivity index (χ1) is 14.2. The number of hydrogen-bond donors (Lipinski definition) is 2. The van der Waals surface area contributed by atoms with Crippen molar-refractivity contribution >= 4 is 54.2 Å². The van der Waals surface area contributed by atoms with Gasteiger partial charge in [-0.1, -0.05) is 30.7 Å². The number of aromatic amines is 1. The molecule has 0 spiro atoms. The van der Waals surface area contributed by atoms with Gasteiger partial charge < -0.3 is 4.98 Å². The second-order valence-electron chi connectivity index (χ2n) is 7.78. The number of hydrazone groups is 1. The maximum atomic E-state index is 4.45. The van der Waals surface area contributed by atoms with Crippen LogP contribution in [0.1, 0.15) is 56.2 Å². The molecule has 0 saturated heterocycles. The number of nitrogens with one attached hydrogen (secondary N) is 2. The number of benzene rings is 2. The van der Waals surface area contributed by atoms with Crippen molar-refractivity contribution in [3.63, 3.8) is 0 Å². The topological polar surface area (TPSA) is 40.2 Å². The van der Waals surface area contributed by atoms with Crippen molar-refractivity contribution in [1.82, 2.24) is 4.98 Å². The number of anilines is 1. The zero-order valence-electron chi connectivity index (χ0n) is 16.6. The number of fused-ring (bicyclic) bond motifs is 3. The highest BCUT2D eigenvalue weighted by molar-refractivity contribution is 9.11. The number of para-hydroxylation sites is 2. The Morgan fingerprint density at radius 2 is 1.48 bits per heavy atom. The molecular formula is C24H27Br2N3. The van der Waals surface area contributed by atoms with Crippen LogP contribution in [0.2, 0.25) is 0 Å². The van der Waals surface area contributed by atoms with Crippen LogP contribution in [0.25, 0.3) is 10.9 Å². The van der Waals surface area contributed by atoms with Crippen molar-refractivity contribution in [2.24, 2.45) is 5.10 Å². The van der Waals surface area contributed by atoms with Gasteiger partial charge in [0.25, 0.3) is 0 Å². The molecule has 3 aromatic rings. The summed E-state index contributed by atoms with van der Waals surface area (Å²) < 4.78 is 2.24. The summed E-state index contributed by atoms with van der Waals surface area (Å²) in [7, 11) is 0. The van der Waals surface area contributed by atoms with Crippen molar-refractivity contribution in [2.45, 2.75) is 57.8 Å². The Morgan fingerprint density at radius 3 is 2.31 bits per heavy atom. The van der Waals surface area contributed by atoms with Crippen LogP contribution in [0.5, 0.6) is 0 Å². The molecule has 5 rings (SSSR count). The highest BCUT2D eigenvalue weighted by Gasteiger charge is 2.15. The van der Waals surface area contributed by atoms with Crippen molar-refractivity contribution < 1.29 is 0 Å².